The lowest BCUT2D eigenvalue weighted by molar-refractivity contribution is -0.136. The highest BCUT2D eigenvalue weighted by atomic mass is 16.5. The standard InChI is InChI=1S/C21H28N4O2/c1-16(2)23(3)15-20(26)24-11-8-21(9-12-24)14-19-22-10-13-25(19)17-6-4-5-7-18(17)27-21/h4-7,10,13,16H,8-9,11-12,14-15H2,1-3H3. The lowest BCUT2D eigenvalue weighted by Gasteiger charge is -2.41. The summed E-state index contributed by atoms with van der Waals surface area (Å²) in [6, 6.07) is 8.50. The van der Waals surface area contributed by atoms with Crippen molar-refractivity contribution in [2.24, 2.45) is 0 Å². The van der Waals surface area contributed by atoms with Gasteiger partial charge in [-0.3, -0.25) is 9.69 Å². The SMILES string of the molecule is CC(C)N(C)CC(=O)N1CCC2(CC1)Cc1nccn1-c1ccccc1O2. The van der Waals surface area contributed by atoms with Gasteiger partial charge in [0.15, 0.2) is 0 Å². The predicted octanol–water partition coefficient (Wildman–Crippen LogP) is 2.51. The number of ether oxygens (including phenoxy) is 1. The van der Waals surface area contributed by atoms with Crippen LogP contribution < -0.4 is 4.74 Å². The van der Waals surface area contributed by atoms with Gasteiger partial charge in [0.1, 0.15) is 17.2 Å². The van der Waals surface area contributed by atoms with Crippen molar-refractivity contribution >= 4 is 5.91 Å². The maximum absolute atomic E-state index is 12.6. The number of aromatic nitrogens is 2. The third-order valence-electron chi connectivity index (χ3n) is 5.94. The molecule has 0 N–H and O–H groups in total. The molecular weight excluding hydrogens is 340 g/mol. The number of benzene rings is 1. The first-order valence-corrected chi connectivity index (χ1v) is 9.76. The van der Waals surface area contributed by atoms with Crippen LogP contribution in [0, 0.1) is 0 Å². The molecule has 0 unspecified atom stereocenters. The summed E-state index contributed by atoms with van der Waals surface area (Å²) >= 11 is 0. The van der Waals surface area contributed by atoms with Crippen LogP contribution in [0.4, 0.5) is 0 Å². The van der Waals surface area contributed by atoms with Gasteiger partial charge in [-0.1, -0.05) is 12.1 Å². The second-order valence-electron chi connectivity index (χ2n) is 8.03. The summed E-state index contributed by atoms with van der Waals surface area (Å²) in [5.41, 5.74) is 0.745. The van der Waals surface area contributed by atoms with Gasteiger partial charge in [-0.25, -0.2) is 4.98 Å². The van der Waals surface area contributed by atoms with Crippen molar-refractivity contribution < 1.29 is 9.53 Å². The second-order valence-corrected chi connectivity index (χ2v) is 8.03. The number of rotatable bonds is 3. The second kappa shape index (κ2) is 7.00. The average molecular weight is 368 g/mol. The first-order valence-electron chi connectivity index (χ1n) is 9.76. The molecule has 0 atom stereocenters. The van der Waals surface area contributed by atoms with Gasteiger partial charge in [0.05, 0.1) is 12.2 Å². The lowest BCUT2D eigenvalue weighted by Crippen LogP contribution is -2.52. The Labute approximate surface area is 160 Å². The topological polar surface area (TPSA) is 50.6 Å². The molecule has 0 bridgehead atoms. The van der Waals surface area contributed by atoms with Crippen molar-refractivity contribution in [2.45, 2.75) is 44.8 Å². The fourth-order valence-electron chi connectivity index (χ4n) is 3.92. The Hall–Kier alpha value is -2.34. The van der Waals surface area contributed by atoms with Crippen LogP contribution >= 0.6 is 0 Å². The van der Waals surface area contributed by atoms with E-state index in [2.05, 4.69) is 34.4 Å². The number of nitrogens with zero attached hydrogens (tertiary/aromatic N) is 4. The molecule has 3 heterocycles. The number of para-hydroxylation sites is 2. The number of fused-ring (bicyclic) bond motifs is 3. The first kappa shape index (κ1) is 18.0. The molecule has 1 fully saturated rings. The molecule has 1 amide bonds. The lowest BCUT2D eigenvalue weighted by atomic mass is 9.87. The smallest absolute Gasteiger partial charge is 0.236 e. The zero-order valence-electron chi connectivity index (χ0n) is 16.4. The molecule has 0 radical (unpaired) electrons. The van der Waals surface area contributed by atoms with Crippen LogP contribution in [0.1, 0.15) is 32.5 Å². The third-order valence-corrected chi connectivity index (χ3v) is 5.94. The van der Waals surface area contributed by atoms with E-state index in [-0.39, 0.29) is 11.5 Å². The van der Waals surface area contributed by atoms with Crippen LogP contribution in [0.2, 0.25) is 0 Å². The summed E-state index contributed by atoms with van der Waals surface area (Å²) in [5.74, 6) is 2.13. The molecule has 2 aliphatic rings. The number of hydrogen-bond donors (Lipinski definition) is 0. The molecular formula is C21H28N4O2. The van der Waals surface area contributed by atoms with E-state index in [0.717, 1.165) is 49.6 Å². The minimum absolute atomic E-state index is 0.205. The Morgan fingerprint density at radius 1 is 1.30 bits per heavy atom. The zero-order chi connectivity index (χ0) is 19.0. The van der Waals surface area contributed by atoms with Crippen LogP contribution in [-0.4, -0.2) is 63.6 Å². The molecule has 2 aromatic rings. The van der Waals surface area contributed by atoms with Gasteiger partial charge >= 0.3 is 0 Å². The van der Waals surface area contributed by atoms with E-state index < -0.39 is 0 Å². The number of imidazole rings is 1. The minimum Gasteiger partial charge on any atom is -0.484 e. The average Bonchev–Trinajstić information content (AvgIpc) is 3.05. The highest BCUT2D eigenvalue weighted by molar-refractivity contribution is 5.78. The molecule has 27 heavy (non-hydrogen) atoms. The highest BCUT2D eigenvalue weighted by Crippen LogP contribution is 2.38. The van der Waals surface area contributed by atoms with Crippen molar-refractivity contribution in [1.29, 1.82) is 0 Å². The summed E-state index contributed by atoms with van der Waals surface area (Å²) in [5, 5.41) is 0. The number of piperidine rings is 1. The van der Waals surface area contributed by atoms with Crippen LogP contribution in [0.25, 0.3) is 5.69 Å². The Kier molecular flexibility index (Phi) is 4.68. The van der Waals surface area contributed by atoms with E-state index in [4.69, 9.17) is 4.74 Å². The van der Waals surface area contributed by atoms with Crippen LogP contribution in [0.3, 0.4) is 0 Å². The van der Waals surface area contributed by atoms with Crippen LogP contribution in [-0.2, 0) is 11.2 Å². The highest BCUT2D eigenvalue weighted by Gasteiger charge is 2.41. The Morgan fingerprint density at radius 3 is 2.78 bits per heavy atom. The summed E-state index contributed by atoms with van der Waals surface area (Å²) in [7, 11) is 2.00. The third kappa shape index (κ3) is 3.46. The van der Waals surface area contributed by atoms with Gasteiger partial charge in [0, 0.05) is 50.8 Å². The maximum atomic E-state index is 12.6. The molecule has 0 aliphatic carbocycles. The molecule has 1 saturated heterocycles. The summed E-state index contributed by atoms with van der Waals surface area (Å²) < 4.78 is 8.69. The van der Waals surface area contributed by atoms with Gasteiger partial charge in [-0.05, 0) is 33.0 Å². The van der Waals surface area contributed by atoms with E-state index in [1.54, 1.807) is 0 Å². The number of carbonyl (C=O) groups excluding carboxylic acids is 1. The van der Waals surface area contributed by atoms with Crippen LogP contribution in [0.15, 0.2) is 36.7 Å². The van der Waals surface area contributed by atoms with E-state index in [9.17, 15) is 4.79 Å². The van der Waals surface area contributed by atoms with Gasteiger partial charge in [-0.15, -0.1) is 0 Å². The number of likely N-dealkylation sites (tertiary alicyclic amines) is 1. The van der Waals surface area contributed by atoms with Gasteiger partial charge < -0.3 is 14.2 Å². The van der Waals surface area contributed by atoms with Gasteiger partial charge in [0.2, 0.25) is 5.91 Å². The van der Waals surface area contributed by atoms with Gasteiger partial charge in [0.25, 0.3) is 0 Å². The molecule has 1 aromatic heterocycles. The quantitative estimate of drug-likeness (QED) is 0.835. The molecule has 0 saturated carbocycles. The molecule has 1 aromatic carbocycles. The normalized spacial score (nSPS) is 18.2. The predicted molar refractivity (Wildman–Crippen MR) is 104 cm³/mol. The fourth-order valence-corrected chi connectivity index (χ4v) is 3.92. The van der Waals surface area contributed by atoms with E-state index in [1.165, 1.54) is 0 Å². The summed E-state index contributed by atoms with van der Waals surface area (Å²) in [6.45, 7) is 6.15. The van der Waals surface area contributed by atoms with Crippen molar-refractivity contribution in [3.05, 3.63) is 42.5 Å². The van der Waals surface area contributed by atoms with Crippen molar-refractivity contribution in [2.75, 3.05) is 26.7 Å². The Morgan fingerprint density at radius 2 is 2.04 bits per heavy atom. The molecule has 6 nitrogen and oxygen atoms in total. The molecule has 1 spiro atoms. The van der Waals surface area contributed by atoms with E-state index in [0.29, 0.717) is 12.6 Å². The Bertz CT molecular complexity index is 821. The summed E-state index contributed by atoms with van der Waals surface area (Å²) in [6.07, 6.45) is 6.27. The zero-order valence-corrected chi connectivity index (χ0v) is 16.4. The molecule has 144 valence electrons. The minimum atomic E-state index is -0.295. The largest absolute Gasteiger partial charge is 0.484 e. The first-order chi connectivity index (χ1) is 13.0. The molecule has 6 heteroatoms. The van der Waals surface area contributed by atoms with Crippen molar-refractivity contribution in [3.63, 3.8) is 0 Å². The van der Waals surface area contributed by atoms with Crippen LogP contribution in [0.5, 0.6) is 5.75 Å². The Balaban J connectivity index is 1.51. The number of amides is 1. The van der Waals surface area contributed by atoms with Gasteiger partial charge in [-0.2, -0.15) is 0 Å². The number of likely N-dealkylation sites (N-methyl/N-ethyl adjacent to an activating group) is 1. The van der Waals surface area contributed by atoms with E-state index in [1.807, 2.05) is 42.5 Å². The molecule has 4 rings (SSSR count). The molecule has 2 aliphatic heterocycles. The number of carbonyl (C=O) groups is 1. The number of hydrogen-bond acceptors (Lipinski definition) is 4. The fraction of sp³-hybridized carbons (Fsp3) is 0.524. The summed E-state index contributed by atoms with van der Waals surface area (Å²) in [4.78, 5) is 21.3. The van der Waals surface area contributed by atoms with E-state index >= 15 is 0 Å². The maximum Gasteiger partial charge on any atom is 0.236 e. The monoisotopic (exact) mass is 368 g/mol. The van der Waals surface area contributed by atoms with Crippen molar-refractivity contribution in [1.82, 2.24) is 19.4 Å². The van der Waals surface area contributed by atoms with Crippen molar-refractivity contribution in [3.8, 4) is 11.4 Å².